The Hall–Kier alpha value is -1.26. The van der Waals surface area contributed by atoms with E-state index >= 15 is 0 Å². The SMILES string of the molecule is CCN(C(=O)N1CCCC(C)(C)C1C(=O)O)C1CC1. The number of carboxylic acid groups (broad SMARTS) is 1. The van der Waals surface area contributed by atoms with Gasteiger partial charge < -0.3 is 14.9 Å². The highest BCUT2D eigenvalue weighted by atomic mass is 16.4. The van der Waals surface area contributed by atoms with E-state index in [2.05, 4.69) is 0 Å². The fourth-order valence-electron chi connectivity index (χ4n) is 3.17. The molecule has 0 aromatic rings. The molecule has 1 heterocycles. The Morgan fingerprint density at radius 1 is 1.37 bits per heavy atom. The molecular formula is C14H24N2O3. The number of hydrogen-bond acceptors (Lipinski definition) is 2. The minimum Gasteiger partial charge on any atom is -0.480 e. The first kappa shape index (κ1) is 14.2. The zero-order valence-electron chi connectivity index (χ0n) is 12.1. The number of nitrogens with zero attached hydrogens (tertiary/aromatic N) is 2. The Morgan fingerprint density at radius 3 is 2.47 bits per heavy atom. The Balaban J connectivity index is 2.20. The van der Waals surface area contributed by atoms with E-state index in [4.69, 9.17) is 0 Å². The second kappa shape index (κ2) is 5.02. The summed E-state index contributed by atoms with van der Waals surface area (Å²) in [6, 6.07) is -0.469. The first-order valence-electron chi connectivity index (χ1n) is 7.18. The summed E-state index contributed by atoms with van der Waals surface area (Å²) in [6.07, 6.45) is 3.83. The molecule has 1 saturated carbocycles. The average Bonchev–Trinajstić information content (AvgIpc) is 3.12. The van der Waals surface area contributed by atoms with Crippen LogP contribution in [0.2, 0.25) is 0 Å². The van der Waals surface area contributed by atoms with E-state index < -0.39 is 12.0 Å². The first-order chi connectivity index (χ1) is 8.88. The molecule has 1 N–H and O–H groups in total. The van der Waals surface area contributed by atoms with Crippen molar-refractivity contribution in [2.75, 3.05) is 13.1 Å². The predicted molar refractivity (Wildman–Crippen MR) is 71.9 cm³/mol. The lowest BCUT2D eigenvalue weighted by atomic mass is 9.76. The molecule has 0 radical (unpaired) electrons. The molecule has 1 unspecified atom stereocenters. The first-order valence-corrected chi connectivity index (χ1v) is 7.18. The normalized spacial score (nSPS) is 26.1. The standard InChI is InChI=1S/C14H24N2O3/c1-4-15(10-6-7-10)13(19)16-9-5-8-14(2,3)11(16)12(17)18/h10-11H,4-9H2,1-3H3,(H,17,18). The van der Waals surface area contributed by atoms with Gasteiger partial charge in [0.15, 0.2) is 0 Å². The van der Waals surface area contributed by atoms with Crippen LogP contribution in [0.3, 0.4) is 0 Å². The summed E-state index contributed by atoms with van der Waals surface area (Å²) in [4.78, 5) is 27.6. The van der Waals surface area contributed by atoms with Crippen LogP contribution in [0.4, 0.5) is 4.79 Å². The van der Waals surface area contributed by atoms with E-state index in [9.17, 15) is 14.7 Å². The molecule has 2 amide bonds. The van der Waals surface area contributed by atoms with Gasteiger partial charge in [-0.2, -0.15) is 0 Å². The molecule has 1 atom stereocenters. The molecule has 2 aliphatic rings. The molecule has 0 aromatic carbocycles. The van der Waals surface area contributed by atoms with Crippen LogP contribution in [0.1, 0.15) is 46.5 Å². The van der Waals surface area contributed by atoms with Crippen molar-refractivity contribution >= 4 is 12.0 Å². The molecule has 0 spiro atoms. The van der Waals surface area contributed by atoms with Gasteiger partial charge in [0.2, 0.25) is 0 Å². The van der Waals surface area contributed by atoms with Crippen molar-refractivity contribution in [2.45, 2.75) is 58.5 Å². The zero-order valence-corrected chi connectivity index (χ0v) is 12.1. The second-order valence-electron chi connectivity index (χ2n) is 6.33. The van der Waals surface area contributed by atoms with E-state index in [-0.39, 0.29) is 11.4 Å². The van der Waals surface area contributed by atoms with Crippen LogP contribution >= 0.6 is 0 Å². The number of aliphatic carboxylic acids is 1. The Morgan fingerprint density at radius 2 is 2.00 bits per heavy atom. The summed E-state index contributed by atoms with van der Waals surface area (Å²) >= 11 is 0. The van der Waals surface area contributed by atoms with Gasteiger partial charge in [-0.1, -0.05) is 13.8 Å². The number of piperidine rings is 1. The summed E-state index contributed by atoms with van der Waals surface area (Å²) in [5.41, 5.74) is -0.358. The van der Waals surface area contributed by atoms with E-state index in [1.807, 2.05) is 25.7 Å². The van der Waals surface area contributed by atoms with Crippen LogP contribution < -0.4 is 0 Å². The van der Waals surface area contributed by atoms with Gasteiger partial charge in [0.05, 0.1) is 0 Å². The molecule has 2 fully saturated rings. The highest BCUT2D eigenvalue weighted by molar-refractivity contribution is 5.84. The fourth-order valence-corrected chi connectivity index (χ4v) is 3.17. The fraction of sp³-hybridized carbons (Fsp3) is 0.857. The number of likely N-dealkylation sites (tertiary alicyclic amines) is 1. The van der Waals surface area contributed by atoms with Crippen molar-refractivity contribution in [3.63, 3.8) is 0 Å². The Kier molecular flexibility index (Phi) is 3.74. The quantitative estimate of drug-likeness (QED) is 0.853. The van der Waals surface area contributed by atoms with Gasteiger partial charge in [0, 0.05) is 19.1 Å². The summed E-state index contributed by atoms with van der Waals surface area (Å²) < 4.78 is 0. The van der Waals surface area contributed by atoms with E-state index in [1.165, 1.54) is 0 Å². The summed E-state index contributed by atoms with van der Waals surface area (Å²) in [5, 5.41) is 9.49. The summed E-state index contributed by atoms with van der Waals surface area (Å²) in [7, 11) is 0. The van der Waals surface area contributed by atoms with E-state index in [1.54, 1.807) is 4.90 Å². The largest absolute Gasteiger partial charge is 0.480 e. The molecule has 1 saturated heterocycles. The highest BCUT2D eigenvalue weighted by Crippen LogP contribution is 2.37. The number of carbonyl (C=O) groups is 2. The number of amides is 2. The van der Waals surface area contributed by atoms with Crippen LogP contribution in [0.5, 0.6) is 0 Å². The maximum atomic E-state index is 12.6. The van der Waals surface area contributed by atoms with Gasteiger partial charge in [0.1, 0.15) is 6.04 Å². The molecule has 0 bridgehead atoms. The van der Waals surface area contributed by atoms with Crippen molar-refractivity contribution < 1.29 is 14.7 Å². The third-order valence-electron chi connectivity index (χ3n) is 4.33. The molecule has 2 rings (SSSR count). The van der Waals surface area contributed by atoms with Gasteiger partial charge >= 0.3 is 12.0 Å². The molecular weight excluding hydrogens is 244 g/mol. The van der Waals surface area contributed by atoms with Crippen molar-refractivity contribution in [1.29, 1.82) is 0 Å². The maximum absolute atomic E-state index is 12.6. The second-order valence-corrected chi connectivity index (χ2v) is 6.33. The Labute approximate surface area is 114 Å². The van der Waals surface area contributed by atoms with Crippen molar-refractivity contribution in [3.8, 4) is 0 Å². The molecule has 5 nitrogen and oxygen atoms in total. The van der Waals surface area contributed by atoms with Crippen LogP contribution in [0.25, 0.3) is 0 Å². The molecule has 0 aromatic heterocycles. The molecule has 19 heavy (non-hydrogen) atoms. The van der Waals surface area contributed by atoms with Crippen LogP contribution in [0, 0.1) is 5.41 Å². The van der Waals surface area contributed by atoms with Crippen LogP contribution in [-0.2, 0) is 4.79 Å². The third kappa shape index (κ3) is 2.69. The minimum absolute atomic E-state index is 0.0924. The average molecular weight is 268 g/mol. The lowest BCUT2D eigenvalue weighted by Gasteiger charge is -2.45. The predicted octanol–water partition coefficient (Wildman–Crippen LogP) is 2.17. The van der Waals surface area contributed by atoms with E-state index in [0.717, 1.165) is 25.7 Å². The summed E-state index contributed by atoms with van der Waals surface area (Å²) in [6.45, 7) is 7.06. The van der Waals surface area contributed by atoms with Crippen molar-refractivity contribution in [1.82, 2.24) is 9.80 Å². The smallest absolute Gasteiger partial charge is 0.327 e. The summed E-state index contributed by atoms with van der Waals surface area (Å²) in [5.74, 6) is -0.884. The molecule has 1 aliphatic heterocycles. The number of rotatable bonds is 3. The highest BCUT2D eigenvalue weighted by Gasteiger charge is 2.46. The minimum atomic E-state index is -0.884. The molecule has 5 heteroatoms. The number of carbonyl (C=O) groups excluding carboxylic acids is 1. The lowest BCUT2D eigenvalue weighted by molar-refractivity contribution is -0.148. The van der Waals surface area contributed by atoms with Gasteiger partial charge in [0.25, 0.3) is 0 Å². The Bertz CT molecular complexity index is 377. The topological polar surface area (TPSA) is 60.9 Å². The number of hydrogen-bond donors (Lipinski definition) is 1. The number of carboxylic acids is 1. The third-order valence-corrected chi connectivity index (χ3v) is 4.33. The van der Waals surface area contributed by atoms with Crippen LogP contribution in [0.15, 0.2) is 0 Å². The molecule has 1 aliphatic carbocycles. The van der Waals surface area contributed by atoms with Crippen molar-refractivity contribution in [3.05, 3.63) is 0 Å². The van der Waals surface area contributed by atoms with Gasteiger partial charge in [-0.25, -0.2) is 9.59 Å². The van der Waals surface area contributed by atoms with Gasteiger partial charge in [-0.15, -0.1) is 0 Å². The zero-order chi connectivity index (χ0) is 14.2. The number of urea groups is 1. The lowest BCUT2D eigenvalue weighted by Crippen LogP contribution is -2.59. The van der Waals surface area contributed by atoms with Gasteiger partial charge in [-0.3, -0.25) is 0 Å². The van der Waals surface area contributed by atoms with Crippen LogP contribution in [-0.4, -0.2) is 52.1 Å². The monoisotopic (exact) mass is 268 g/mol. The molecule has 108 valence electrons. The van der Waals surface area contributed by atoms with Crippen molar-refractivity contribution in [2.24, 2.45) is 5.41 Å². The maximum Gasteiger partial charge on any atom is 0.327 e. The van der Waals surface area contributed by atoms with Gasteiger partial charge in [-0.05, 0) is 38.0 Å². The van der Waals surface area contributed by atoms with E-state index in [0.29, 0.717) is 19.1 Å².